The number of hydrogen-bond donors (Lipinski definition) is 2. The van der Waals surface area contributed by atoms with Crippen LogP contribution in [0.25, 0.3) is 0 Å². The lowest BCUT2D eigenvalue weighted by atomic mass is 10.1. The molecule has 1 aromatic carbocycles. The van der Waals surface area contributed by atoms with Crippen molar-refractivity contribution < 1.29 is 31.1 Å². The quantitative estimate of drug-likeness (QED) is 0.646. The van der Waals surface area contributed by atoms with Gasteiger partial charge >= 0.3 is 12.4 Å². The van der Waals surface area contributed by atoms with E-state index in [9.17, 15) is 31.1 Å². The van der Waals surface area contributed by atoms with Crippen molar-refractivity contribution in [1.29, 1.82) is 0 Å². The lowest BCUT2D eigenvalue weighted by Crippen LogP contribution is -2.45. The first-order valence-corrected chi connectivity index (χ1v) is 5.30. The second-order valence-electron chi connectivity index (χ2n) is 3.74. The first-order valence-electron chi connectivity index (χ1n) is 4.92. The van der Waals surface area contributed by atoms with E-state index in [4.69, 9.17) is 17.3 Å². The number of carbonyl (C=O) groups is 1. The van der Waals surface area contributed by atoms with E-state index < -0.39 is 29.9 Å². The average molecular weight is 321 g/mol. The van der Waals surface area contributed by atoms with E-state index in [0.29, 0.717) is 0 Å². The van der Waals surface area contributed by atoms with E-state index in [0.717, 1.165) is 18.2 Å². The van der Waals surface area contributed by atoms with Gasteiger partial charge in [0, 0.05) is 5.02 Å². The molecule has 0 saturated heterocycles. The summed E-state index contributed by atoms with van der Waals surface area (Å²) in [5.41, 5.74) is 4.68. The highest BCUT2D eigenvalue weighted by molar-refractivity contribution is 6.31. The topological polar surface area (TPSA) is 55.1 Å². The Labute approximate surface area is 113 Å². The zero-order valence-corrected chi connectivity index (χ0v) is 10.2. The number of nitrogens with one attached hydrogen (secondary N) is 1. The molecule has 0 unspecified atom stereocenters. The number of carbonyl (C=O) groups excluding carboxylic acids is 1. The highest BCUT2D eigenvalue weighted by Crippen LogP contribution is 2.40. The maximum atomic E-state index is 12.3. The van der Waals surface area contributed by atoms with Gasteiger partial charge in [0.05, 0.1) is 11.4 Å². The molecule has 0 aliphatic rings. The molecular formula is C10H7ClF6N2O. The van der Waals surface area contributed by atoms with Gasteiger partial charge in [0.25, 0.3) is 0 Å². The molecule has 3 N–H and O–H groups in total. The first kappa shape index (κ1) is 16.4. The van der Waals surface area contributed by atoms with Crippen molar-refractivity contribution in [1.82, 2.24) is 0 Å². The lowest BCUT2D eigenvalue weighted by Gasteiger charge is -2.22. The van der Waals surface area contributed by atoms with E-state index in [2.05, 4.69) is 0 Å². The predicted octanol–water partition coefficient (Wildman–Crippen LogP) is 3.60. The molecule has 0 heterocycles. The van der Waals surface area contributed by atoms with Gasteiger partial charge in [0.1, 0.15) is 0 Å². The molecular weight excluding hydrogens is 314 g/mol. The molecule has 0 aliphatic heterocycles. The third-order valence-electron chi connectivity index (χ3n) is 2.19. The summed E-state index contributed by atoms with van der Waals surface area (Å²) < 4.78 is 73.8. The molecule has 112 valence electrons. The van der Waals surface area contributed by atoms with Crippen molar-refractivity contribution >= 4 is 28.9 Å². The van der Waals surface area contributed by atoms with Gasteiger partial charge < -0.3 is 11.1 Å². The van der Waals surface area contributed by atoms with Crippen LogP contribution >= 0.6 is 11.6 Å². The molecule has 20 heavy (non-hydrogen) atoms. The number of alkyl halides is 6. The largest absolute Gasteiger partial charge is 0.409 e. The monoisotopic (exact) mass is 320 g/mol. The van der Waals surface area contributed by atoms with E-state index in [1.54, 1.807) is 0 Å². The van der Waals surface area contributed by atoms with Gasteiger partial charge in [0.2, 0.25) is 11.8 Å². The predicted molar refractivity (Wildman–Crippen MR) is 60.1 cm³/mol. The van der Waals surface area contributed by atoms with E-state index in [1.807, 2.05) is 0 Å². The highest BCUT2D eigenvalue weighted by atomic mass is 35.5. The summed E-state index contributed by atoms with van der Waals surface area (Å²) in [4.78, 5) is 11.2. The third kappa shape index (κ3) is 3.92. The van der Waals surface area contributed by atoms with Crippen molar-refractivity contribution in [3.63, 3.8) is 0 Å². The molecule has 1 rings (SSSR count). The summed E-state index contributed by atoms with van der Waals surface area (Å²) in [6.45, 7) is 0. The van der Waals surface area contributed by atoms with Crippen LogP contribution in [0.3, 0.4) is 0 Å². The van der Waals surface area contributed by atoms with Crippen molar-refractivity contribution in [2.75, 3.05) is 11.1 Å². The minimum atomic E-state index is -5.76. The van der Waals surface area contributed by atoms with Gasteiger partial charge in [-0.15, -0.1) is 0 Å². The molecule has 0 saturated carbocycles. The molecule has 3 nitrogen and oxygen atoms in total. The Morgan fingerprint density at radius 2 is 1.65 bits per heavy atom. The molecule has 0 bridgehead atoms. The second-order valence-corrected chi connectivity index (χ2v) is 4.17. The number of nitrogens with two attached hydrogens (primary N) is 1. The Balaban J connectivity index is 3.04. The number of amides is 1. The molecule has 0 aliphatic carbocycles. The number of nitrogen functional groups attached to an aromatic ring is 1. The molecule has 1 amide bonds. The molecule has 10 heteroatoms. The van der Waals surface area contributed by atoms with E-state index >= 15 is 0 Å². The van der Waals surface area contributed by atoms with Gasteiger partial charge in [-0.2, -0.15) is 26.3 Å². The summed E-state index contributed by atoms with van der Waals surface area (Å²) in [5, 5.41) is 1.60. The van der Waals surface area contributed by atoms with Crippen LogP contribution in [-0.2, 0) is 4.79 Å². The Hall–Kier alpha value is -1.64. The average Bonchev–Trinajstić information content (AvgIpc) is 2.17. The van der Waals surface area contributed by atoms with Crippen LogP contribution in [0.15, 0.2) is 18.2 Å². The number of halogens is 7. The minimum Gasteiger partial charge on any atom is -0.397 e. The normalized spacial score (nSPS) is 12.6. The van der Waals surface area contributed by atoms with Gasteiger partial charge in [-0.05, 0) is 18.2 Å². The van der Waals surface area contributed by atoms with Gasteiger partial charge in [-0.3, -0.25) is 4.79 Å². The SMILES string of the molecule is Nc1cc(Cl)ccc1NC(=O)C(C(F)(F)F)C(F)(F)F. The molecule has 0 fully saturated rings. The zero-order chi connectivity index (χ0) is 15.7. The fourth-order valence-electron chi connectivity index (χ4n) is 1.34. The van der Waals surface area contributed by atoms with Gasteiger partial charge in [0.15, 0.2) is 0 Å². The maximum Gasteiger partial charge on any atom is 0.409 e. The van der Waals surface area contributed by atoms with Crippen molar-refractivity contribution in [3.05, 3.63) is 23.2 Å². The van der Waals surface area contributed by atoms with Gasteiger partial charge in [-0.25, -0.2) is 0 Å². The number of benzene rings is 1. The highest BCUT2D eigenvalue weighted by Gasteiger charge is 2.61. The van der Waals surface area contributed by atoms with Crippen LogP contribution in [0.1, 0.15) is 0 Å². The van der Waals surface area contributed by atoms with Crippen LogP contribution in [0.2, 0.25) is 5.02 Å². The Morgan fingerprint density at radius 1 is 1.15 bits per heavy atom. The van der Waals surface area contributed by atoms with Crippen LogP contribution in [0, 0.1) is 5.92 Å². The smallest absolute Gasteiger partial charge is 0.397 e. The number of rotatable bonds is 2. The fourth-order valence-corrected chi connectivity index (χ4v) is 1.52. The Morgan fingerprint density at radius 3 is 2.05 bits per heavy atom. The molecule has 0 atom stereocenters. The number of hydrogen-bond acceptors (Lipinski definition) is 2. The fraction of sp³-hybridized carbons (Fsp3) is 0.300. The van der Waals surface area contributed by atoms with Crippen molar-refractivity contribution in [2.45, 2.75) is 12.4 Å². The first-order chi connectivity index (χ1) is 8.93. The molecule has 0 spiro atoms. The van der Waals surface area contributed by atoms with Crippen molar-refractivity contribution in [2.24, 2.45) is 5.92 Å². The zero-order valence-electron chi connectivity index (χ0n) is 9.44. The maximum absolute atomic E-state index is 12.3. The Kier molecular flexibility index (Phi) is 4.42. The van der Waals surface area contributed by atoms with Gasteiger partial charge in [-0.1, -0.05) is 11.6 Å². The van der Waals surface area contributed by atoms with E-state index in [-0.39, 0.29) is 10.7 Å². The summed E-state index contributed by atoms with van der Waals surface area (Å²) in [6, 6.07) is 3.23. The number of anilines is 2. The van der Waals surface area contributed by atoms with Crippen LogP contribution in [0.5, 0.6) is 0 Å². The minimum absolute atomic E-state index is 0.115. The van der Waals surface area contributed by atoms with Crippen LogP contribution in [0.4, 0.5) is 37.7 Å². The summed E-state index contributed by atoms with van der Waals surface area (Å²) in [5.74, 6) is -6.40. The standard InChI is InChI=1S/C10H7ClF6N2O/c11-4-1-2-6(5(18)3-4)19-8(20)7(9(12,13)14)10(15,16)17/h1-3,7H,18H2,(H,19,20). The van der Waals surface area contributed by atoms with Crippen molar-refractivity contribution in [3.8, 4) is 0 Å². The molecule has 1 aromatic rings. The molecule has 0 radical (unpaired) electrons. The lowest BCUT2D eigenvalue weighted by molar-refractivity contribution is -0.272. The van der Waals surface area contributed by atoms with E-state index in [1.165, 1.54) is 5.32 Å². The third-order valence-corrected chi connectivity index (χ3v) is 2.42. The summed E-state index contributed by atoms with van der Waals surface area (Å²) in [6.07, 6.45) is -11.5. The summed E-state index contributed by atoms with van der Waals surface area (Å²) >= 11 is 5.51. The van der Waals surface area contributed by atoms with Crippen LogP contribution < -0.4 is 11.1 Å². The molecule has 0 aromatic heterocycles. The Bertz CT molecular complexity index is 499. The summed E-state index contributed by atoms with van der Waals surface area (Å²) in [7, 11) is 0. The second kappa shape index (κ2) is 5.39. The van der Waals surface area contributed by atoms with Crippen LogP contribution in [-0.4, -0.2) is 18.3 Å².